The lowest BCUT2D eigenvalue weighted by Gasteiger charge is -2.18. The van der Waals surface area contributed by atoms with Crippen molar-refractivity contribution in [3.8, 4) is 0 Å². The van der Waals surface area contributed by atoms with Crippen molar-refractivity contribution in [2.24, 2.45) is 5.92 Å². The lowest BCUT2D eigenvalue weighted by molar-refractivity contribution is 0.459. The minimum absolute atomic E-state index is 0.679. The van der Waals surface area contributed by atoms with Crippen LogP contribution in [0.3, 0.4) is 0 Å². The molecule has 0 amide bonds. The van der Waals surface area contributed by atoms with E-state index >= 15 is 0 Å². The Bertz CT molecular complexity index is 333. The molecule has 0 heterocycles. The summed E-state index contributed by atoms with van der Waals surface area (Å²) in [4.78, 5) is 0. The van der Waals surface area contributed by atoms with Crippen LogP contribution in [0.2, 0.25) is 0 Å². The zero-order valence-corrected chi connectivity index (χ0v) is 11.5. The fraction of sp³-hybridized carbons (Fsp3) is 0.571. The van der Waals surface area contributed by atoms with Crippen molar-refractivity contribution < 1.29 is 0 Å². The molecule has 1 nitrogen and oxygen atoms in total. The van der Waals surface area contributed by atoms with E-state index in [1.807, 2.05) is 0 Å². The van der Waals surface area contributed by atoms with Crippen LogP contribution in [0.1, 0.15) is 31.7 Å². The van der Waals surface area contributed by atoms with Gasteiger partial charge in [-0.05, 0) is 49.8 Å². The van der Waals surface area contributed by atoms with Crippen LogP contribution in [0.15, 0.2) is 28.7 Å². The third kappa shape index (κ3) is 3.33. The summed E-state index contributed by atoms with van der Waals surface area (Å²) in [6.45, 7) is 3.38. The van der Waals surface area contributed by atoms with E-state index in [1.54, 1.807) is 0 Å². The number of hydrogen-bond acceptors (Lipinski definition) is 1. The molecule has 1 aromatic rings. The van der Waals surface area contributed by atoms with Gasteiger partial charge < -0.3 is 5.32 Å². The maximum absolute atomic E-state index is 3.69. The Kier molecular flexibility index (Phi) is 4.42. The minimum Gasteiger partial charge on any atom is -0.313 e. The predicted molar refractivity (Wildman–Crippen MR) is 72.7 cm³/mol. The van der Waals surface area contributed by atoms with E-state index < -0.39 is 0 Å². The van der Waals surface area contributed by atoms with Crippen LogP contribution in [0.5, 0.6) is 0 Å². The quantitative estimate of drug-likeness (QED) is 0.837. The SMILES string of the molecule is CCCNC(Cc1ccccc1Br)C1CC1. The van der Waals surface area contributed by atoms with Crippen molar-refractivity contribution in [1.82, 2.24) is 5.32 Å². The topological polar surface area (TPSA) is 12.0 Å². The summed E-state index contributed by atoms with van der Waals surface area (Å²) in [5.74, 6) is 0.915. The maximum Gasteiger partial charge on any atom is 0.0207 e. The number of rotatable bonds is 6. The summed E-state index contributed by atoms with van der Waals surface area (Å²) in [5, 5.41) is 3.69. The van der Waals surface area contributed by atoms with Gasteiger partial charge in [-0.25, -0.2) is 0 Å². The highest BCUT2D eigenvalue weighted by Crippen LogP contribution is 2.34. The van der Waals surface area contributed by atoms with Gasteiger partial charge in [0.05, 0.1) is 0 Å². The first kappa shape index (κ1) is 12.1. The molecule has 88 valence electrons. The molecule has 1 aliphatic carbocycles. The summed E-state index contributed by atoms with van der Waals surface area (Å²) in [5.41, 5.74) is 1.43. The molecule has 1 unspecified atom stereocenters. The molecule has 1 N–H and O–H groups in total. The molecule has 0 saturated heterocycles. The molecule has 0 bridgehead atoms. The Balaban J connectivity index is 1.97. The van der Waals surface area contributed by atoms with Crippen molar-refractivity contribution >= 4 is 15.9 Å². The molecule has 0 radical (unpaired) electrons. The van der Waals surface area contributed by atoms with Gasteiger partial charge in [0.2, 0.25) is 0 Å². The highest BCUT2D eigenvalue weighted by Gasteiger charge is 2.30. The van der Waals surface area contributed by atoms with Crippen molar-refractivity contribution in [3.63, 3.8) is 0 Å². The van der Waals surface area contributed by atoms with Crippen LogP contribution < -0.4 is 5.32 Å². The summed E-state index contributed by atoms with van der Waals surface area (Å²) < 4.78 is 1.25. The Morgan fingerprint density at radius 3 is 2.75 bits per heavy atom. The van der Waals surface area contributed by atoms with Gasteiger partial charge in [-0.15, -0.1) is 0 Å². The number of nitrogens with one attached hydrogen (secondary N) is 1. The van der Waals surface area contributed by atoms with Crippen LogP contribution in [0.4, 0.5) is 0 Å². The molecular weight excluding hydrogens is 262 g/mol. The second-order valence-corrected chi connectivity index (χ2v) is 5.55. The van der Waals surface area contributed by atoms with Gasteiger partial charge in [-0.1, -0.05) is 41.1 Å². The molecule has 1 saturated carbocycles. The largest absolute Gasteiger partial charge is 0.313 e. The molecule has 0 spiro atoms. The smallest absolute Gasteiger partial charge is 0.0207 e. The lowest BCUT2D eigenvalue weighted by atomic mass is 10.0. The fourth-order valence-corrected chi connectivity index (χ4v) is 2.58. The van der Waals surface area contributed by atoms with Crippen LogP contribution in [0, 0.1) is 5.92 Å². The minimum atomic E-state index is 0.679. The maximum atomic E-state index is 3.69. The Morgan fingerprint density at radius 2 is 2.12 bits per heavy atom. The molecule has 1 atom stereocenters. The monoisotopic (exact) mass is 281 g/mol. The van der Waals surface area contributed by atoms with Gasteiger partial charge in [-0.3, -0.25) is 0 Å². The molecule has 2 heteroatoms. The lowest BCUT2D eigenvalue weighted by Crippen LogP contribution is -2.33. The first-order valence-corrected chi connectivity index (χ1v) is 7.07. The average Bonchev–Trinajstić information content (AvgIpc) is 3.10. The van der Waals surface area contributed by atoms with E-state index in [1.165, 1.54) is 29.3 Å². The molecule has 1 aromatic carbocycles. The summed E-state index contributed by atoms with van der Waals surface area (Å²) in [6, 6.07) is 9.26. The first-order chi connectivity index (χ1) is 7.81. The van der Waals surface area contributed by atoms with Crippen LogP contribution in [-0.4, -0.2) is 12.6 Å². The van der Waals surface area contributed by atoms with Crippen molar-refractivity contribution in [1.29, 1.82) is 0 Å². The third-order valence-corrected chi connectivity index (χ3v) is 4.02. The van der Waals surface area contributed by atoms with Crippen LogP contribution in [0.25, 0.3) is 0 Å². The number of hydrogen-bond donors (Lipinski definition) is 1. The molecule has 1 fully saturated rings. The van der Waals surface area contributed by atoms with Crippen molar-refractivity contribution in [3.05, 3.63) is 34.3 Å². The van der Waals surface area contributed by atoms with Gasteiger partial charge in [0.25, 0.3) is 0 Å². The summed E-state index contributed by atoms with van der Waals surface area (Å²) in [6.07, 6.45) is 5.20. The van der Waals surface area contributed by atoms with E-state index in [4.69, 9.17) is 0 Å². The molecule has 16 heavy (non-hydrogen) atoms. The van der Waals surface area contributed by atoms with Gasteiger partial charge >= 0.3 is 0 Å². The summed E-state index contributed by atoms with van der Waals surface area (Å²) in [7, 11) is 0. The molecule has 0 aromatic heterocycles. The van der Waals surface area contributed by atoms with Crippen molar-refractivity contribution in [2.75, 3.05) is 6.54 Å². The first-order valence-electron chi connectivity index (χ1n) is 6.28. The molecular formula is C14H20BrN. The van der Waals surface area contributed by atoms with E-state index in [-0.39, 0.29) is 0 Å². The van der Waals surface area contributed by atoms with Gasteiger partial charge in [0.1, 0.15) is 0 Å². The Labute approximate surface area is 107 Å². The van der Waals surface area contributed by atoms with Gasteiger partial charge in [0.15, 0.2) is 0 Å². The van der Waals surface area contributed by atoms with Crippen LogP contribution in [-0.2, 0) is 6.42 Å². The van der Waals surface area contributed by atoms with E-state index in [9.17, 15) is 0 Å². The Hall–Kier alpha value is -0.340. The Morgan fingerprint density at radius 1 is 1.38 bits per heavy atom. The normalized spacial score (nSPS) is 17.4. The zero-order chi connectivity index (χ0) is 11.4. The third-order valence-electron chi connectivity index (χ3n) is 3.25. The molecule has 0 aliphatic heterocycles. The highest BCUT2D eigenvalue weighted by atomic mass is 79.9. The average molecular weight is 282 g/mol. The van der Waals surface area contributed by atoms with E-state index in [0.717, 1.165) is 18.9 Å². The second kappa shape index (κ2) is 5.83. The summed E-state index contributed by atoms with van der Waals surface area (Å²) >= 11 is 3.63. The van der Waals surface area contributed by atoms with Crippen LogP contribution >= 0.6 is 15.9 Å². The van der Waals surface area contributed by atoms with Gasteiger partial charge in [0, 0.05) is 10.5 Å². The predicted octanol–water partition coefficient (Wildman–Crippen LogP) is 3.77. The molecule has 1 aliphatic rings. The van der Waals surface area contributed by atoms with E-state index in [2.05, 4.69) is 52.4 Å². The highest BCUT2D eigenvalue weighted by molar-refractivity contribution is 9.10. The standard InChI is InChI=1S/C14H20BrN/c1-2-9-16-14(11-7-8-11)10-12-5-3-4-6-13(12)15/h3-6,11,14,16H,2,7-10H2,1H3. The van der Waals surface area contributed by atoms with Crippen molar-refractivity contribution in [2.45, 2.75) is 38.6 Å². The number of benzene rings is 1. The molecule has 2 rings (SSSR count). The second-order valence-electron chi connectivity index (χ2n) is 4.69. The van der Waals surface area contributed by atoms with E-state index in [0.29, 0.717) is 6.04 Å². The van der Waals surface area contributed by atoms with Gasteiger partial charge in [-0.2, -0.15) is 0 Å². The fourth-order valence-electron chi connectivity index (χ4n) is 2.13. The zero-order valence-electron chi connectivity index (χ0n) is 9.88. The number of halogens is 1.